The van der Waals surface area contributed by atoms with Gasteiger partial charge < -0.3 is 10.1 Å². The summed E-state index contributed by atoms with van der Waals surface area (Å²) in [7, 11) is 11.5. The molecule has 15 heavy (non-hydrogen) atoms. The van der Waals surface area contributed by atoms with E-state index in [0.29, 0.717) is 5.69 Å². The van der Waals surface area contributed by atoms with E-state index in [9.17, 15) is 10.1 Å². The highest BCUT2D eigenvalue weighted by atomic mass is 16.6. The smallest absolute Gasteiger partial charge is 0.390 e. The van der Waals surface area contributed by atoms with Gasteiger partial charge in [-0.05, 0) is 23.0 Å². The van der Waals surface area contributed by atoms with Gasteiger partial charge in [0, 0.05) is 0 Å². The van der Waals surface area contributed by atoms with Crippen LogP contribution in [0.3, 0.4) is 0 Å². The fraction of sp³-hybridized carbons (Fsp3) is 0.625. The maximum Gasteiger partial charge on any atom is 0.434 e. The van der Waals surface area contributed by atoms with Crippen LogP contribution in [0.25, 0.3) is 0 Å². The molecule has 0 aliphatic heterocycles. The molecule has 0 atom stereocenters. The van der Waals surface area contributed by atoms with Gasteiger partial charge in [0.2, 0.25) is 0 Å². The van der Waals surface area contributed by atoms with Crippen LogP contribution in [0.1, 0.15) is 31.5 Å². The zero-order valence-electron chi connectivity index (χ0n) is 8.38. The summed E-state index contributed by atoms with van der Waals surface area (Å²) in [5.41, 5.74) is 0.511. The number of hydrogen-bond donors (Lipinski definition) is 0. The molecule has 0 aromatic carbocycles. The fourth-order valence-corrected chi connectivity index (χ4v) is 1.58. The molecular formula is C8H9B2N3O2. The van der Waals surface area contributed by atoms with Crippen molar-refractivity contribution in [2.45, 2.75) is 31.0 Å². The normalized spacial score (nSPS) is 16.6. The van der Waals surface area contributed by atoms with Crippen molar-refractivity contribution in [1.82, 2.24) is 9.55 Å². The highest BCUT2D eigenvalue weighted by Gasteiger charge is 2.38. The van der Waals surface area contributed by atoms with Gasteiger partial charge in [0.05, 0.1) is 21.7 Å². The summed E-state index contributed by atoms with van der Waals surface area (Å²) >= 11 is 0. The second-order valence-electron chi connectivity index (χ2n) is 4.08. The summed E-state index contributed by atoms with van der Waals surface area (Å²) in [5.74, 6) is -0.172. The van der Waals surface area contributed by atoms with Crippen molar-refractivity contribution in [1.29, 1.82) is 0 Å². The molecule has 0 saturated heterocycles. The number of rotatable bonds is 3. The molecule has 1 aromatic rings. The van der Waals surface area contributed by atoms with Gasteiger partial charge >= 0.3 is 5.95 Å². The summed E-state index contributed by atoms with van der Waals surface area (Å²) < 4.78 is 1.54. The lowest BCUT2D eigenvalue weighted by Crippen LogP contribution is -2.26. The Morgan fingerprint density at radius 2 is 2.27 bits per heavy atom. The van der Waals surface area contributed by atoms with Gasteiger partial charge in [-0.2, -0.15) is 0 Å². The van der Waals surface area contributed by atoms with E-state index in [1.807, 2.05) is 0 Å². The van der Waals surface area contributed by atoms with E-state index >= 15 is 0 Å². The third-order valence-corrected chi connectivity index (χ3v) is 2.40. The molecule has 5 nitrogen and oxygen atoms in total. The van der Waals surface area contributed by atoms with Gasteiger partial charge in [-0.25, -0.2) is 4.57 Å². The Hall–Kier alpha value is -1.26. The summed E-state index contributed by atoms with van der Waals surface area (Å²) in [5, 5.41) is 9.64. The topological polar surface area (TPSA) is 61.0 Å². The Morgan fingerprint density at radius 3 is 2.67 bits per heavy atom. The fourth-order valence-electron chi connectivity index (χ4n) is 1.58. The quantitative estimate of drug-likeness (QED) is 0.409. The maximum absolute atomic E-state index is 10.7. The van der Waals surface area contributed by atoms with Crippen molar-refractivity contribution < 1.29 is 4.92 Å². The second kappa shape index (κ2) is 3.12. The van der Waals surface area contributed by atoms with E-state index in [2.05, 4.69) is 4.98 Å². The first-order chi connectivity index (χ1) is 6.91. The van der Waals surface area contributed by atoms with E-state index in [1.165, 1.54) is 6.20 Å². The van der Waals surface area contributed by atoms with Gasteiger partial charge in [-0.15, -0.1) is 0 Å². The molecule has 1 heterocycles. The number of aromatic nitrogens is 2. The Balaban J connectivity index is 2.52. The van der Waals surface area contributed by atoms with Gasteiger partial charge in [-0.3, -0.25) is 0 Å². The highest BCUT2D eigenvalue weighted by molar-refractivity contribution is 6.39. The third kappa shape index (κ3) is 1.78. The Morgan fingerprint density at radius 1 is 1.67 bits per heavy atom. The summed E-state index contributed by atoms with van der Waals surface area (Å²) in [6.45, 7) is 1.60. The first-order valence-corrected chi connectivity index (χ1v) is 4.71. The summed E-state index contributed by atoms with van der Waals surface area (Å²) in [6.07, 6.45) is 3.22. The summed E-state index contributed by atoms with van der Waals surface area (Å²) in [6, 6.07) is 0.134. The molecule has 4 radical (unpaired) electrons. The van der Waals surface area contributed by atoms with Crippen LogP contribution >= 0.6 is 0 Å². The number of nitro groups is 1. The second-order valence-corrected chi connectivity index (χ2v) is 4.08. The van der Waals surface area contributed by atoms with Crippen LogP contribution in [0.2, 0.25) is 0 Å². The van der Waals surface area contributed by atoms with Crippen LogP contribution < -0.4 is 0 Å². The lowest BCUT2D eigenvalue weighted by atomic mass is 9.54. The van der Waals surface area contributed by atoms with E-state index < -0.39 is 10.1 Å². The Kier molecular flexibility index (Phi) is 2.13. The van der Waals surface area contributed by atoms with Crippen LogP contribution in [-0.4, -0.2) is 30.2 Å². The number of nitrogens with zero attached hydrogens (tertiary/aromatic N) is 3. The molecule has 0 bridgehead atoms. The number of imidazole rings is 1. The van der Waals surface area contributed by atoms with E-state index in [1.54, 1.807) is 11.5 Å². The summed E-state index contributed by atoms with van der Waals surface area (Å²) in [4.78, 5) is 14.0. The van der Waals surface area contributed by atoms with E-state index in [-0.39, 0.29) is 12.0 Å². The lowest BCUT2D eigenvalue weighted by Gasteiger charge is -2.17. The molecule has 0 N–H and O–H groups in total. The zero-order chi connectivity index (χ0) is 11.2. The van der Waals surface area contributed by atoms with Gasteiger partial charge in [0.15, 0.2) is 0 Å². The van der Waals surface area contributed by atoms with Crippen molar-refractivity contribution in [3.63, 3.8) is 0 Å². The van der Waals surface area contributed by atoms with E-state index in [4.69, 9.17) is 15.7 Å². The SMILES string of the molecule is [B]C([B])(C)c1cnc([N+](=O)[O-])n1C1CC1. The van der Waals surface area contributed by atoms with Gasteiger partial charge in [-0.1, -0.05) is 11.9 Å². The van der Waals surface area contributed by atoms with Crippen molar-refractivity contribution in [2.75, 3.05) is 0 Å². The Bertz CT molecular complexity index is 407. The number of hydrogen-bond acceptors (Lipinski definition) is 3. The third-order valence-electron chi connectivity index (χ3n) is 2.40. The molecule has 74 valence electrons. The molecular weight excluding hydrogens is 192 g/mol. The first kappa shape index (κ1) is 10.3. The first-order valence-electron chi connectivity index (χ1n) is 4.71. The van der Waals surface area contributed by atoms with Crippen LogP contribution in [0.4, 0.5) is 5.95 Å². The monoisotopic (exact) mass is 201 g/mol. The zero-order valence-corrected chi connectivity index (χ0v) is 8.38. The average molecular weight is 201 g/mol. The van der Waals surface area contributed by atoms with Crippen LogP contribution in [0, 0.1) is 10.1 Å². The van der Waals surface area contributed by atoms with Gasteiger partial charge in [0.25, 0.3) is 0 Å². The van der Waals surface area contributed by atoms with Crippen molar-refractivity contribution in [3.8, 4) is 0 Å². The molecule has 0 spiro atoms. The minimum absolute atomic E-state index is 0.134. The van der Waals surface area contributed by atoms with Crippen molar-refractivity contribution >= 4 is 21.6 Å². The van der Waals surface area contributed by atoms with Gasteiger partial charge in [0.1, 0.15) is 11.9 Å². The average Bonchev–Trinajstić information content (AvgIpc) is 2.81. The molecule has 1 aliphatic carbocycles. The molecule has 7 heteroatoms. The molecule has 1 aliphatic rings. The van der Waals surface area contributed by atoms with Crippen molar-refractivity contribution in [2.24, 2.45) is 0 Å². The largest absolute Gasteiger partial charge is 0.434 e. The molecule has 0 unspecified atom stereocenters. The molecule has 0 amide bonds. The molecule has 1 fully saturated rings. The maximum atomic E-state index is 10.7. The molecule has 2 rings (SSSR count). The minimum Gasteiger partial charge on any atom is -0.390 e. The predicted octanol–water partition coefficient (Wildman–Crippen LogP) is 0.636. The van der Waals surface area contributed by atoms with Crippen LogP contribution in [-0.2, 0) is 5.21 Å². The van der Waals surface area contributed by atoms with Crippen LogP contribution in [0.5, 0.6) is 0 Å². The van der Waals surface area contributed by atoms with Crippen LogP contribution in [0.15, 0.2) is 6.20 Å². The standard InChI is InChI=1S/C8H9B2N3O2/c1-8(9,10)6-4-11-7(13(14)15)12(6)5-2-3-5/h4-5H,2-3H2,1H3. The Labute approximate surface area is 89.8 Å². The van der Waals surface area contributed by atoms with Crippen molar-refractivity contribution in [3.05, 3.63) is 22.0 Å². The van der Waals surface area contributed by atoms with E-state index in [0.717, 1.165) is 12.8 Å². The lowest BCUT2D eigenvalue weighted by molar-refractivity contribution is -0.396. The molecule has 1 aromatic heterocycles. The highest BCUT2D eigenvalue weighted by Crippen LogP contribution is 2.40. The predicted molar refractivity (Wildman–Crippen MR) is 56.0 cm³/mol. The molecule has 1 saturated carbocycles. The minimum atomic E-state index is -1.09.